The quantitative estimate of drug-likeness (QED) is 0.817. The lowest BCUT2D eigenvalue weighted by Crippen LogP contribution is -2.57. The summed E-state index contributed by atoms with van der Waals surface area (Å²) in [4.78, 5) is 6.81. The highest BCUT2D eigenvalue weighted by atomic mass is 32.2. The van der Waals surface area contributed by atoms with Crippen molar-refractivity contribution < 1.29 is 8.42 Å². The molecule has 2 fully saturated rings. The molecule has 2 aliphatic rings. The molecular formula is C14H24N4O2S3. The number of thioether (sulfide) groups is 1. The maximum Gasteiger partial charge on any atom is 0.249 e. The van der Waals surface area contributed by atoms with Gasteiger partial charge in [-0.15, -0.1) is 0 Å². The van der Waals surface area contributed by atoms with Gasteiger partial charge in [-0.3, -0.25) is 4.90 Å². The number of hydrogen-bond acceptors (Lipinski definition) is 7. The van der Waals surface area contributed by atoms with Gasteiger partial charge in [-0.05, 0) is 12.8 Å². The van der Waals surface area contributed by atoms with E-state index in [0.717, 1.165) is 31.0 Å². The normalized spacial score (nSPS) is 22.8. The van der Waals surface area contributed by atoms with E-state index in [1.165, 1.54) is 49.8 Å². The zero-order chi connectivity index (χ0) is 16.3. The molecule has 1 saturated carbocycles. The second kappa shape index (κ2) is 7.26. The Kier molecular flexibility index (Phi) is 5.52. The first-order valence-electron chi connectivity index (χ1n) is 8.05. The van der Waals surface area contributed by atoms with Crippen LogP contribution in [0.3, 0.4) is 0 Å². The largest absolute Gasteiger partial charge is 0.360 e. The van der Waals surface area contributed by atoms with Crippen LogP contribution in [-0.2, 0) is 10.0 Å². The summed E-state index contributed by atoms with van der Waals surface area (Å²) < 4.78 is 22.9. The molecule has 0 amide bonds. The minimum atomic E-state index is -3.66. The van der Waals surface area contributed by atoms with Crippen LogP contribution in [0.4, 0.5) is 5.13 Å². The van der Waals surface area contributed by atoms with Gasteiger partial charge in [0.2, 0.25) is 10.0 Å². The van der Waals surface area contributed by atoms with Crippen molar-refractivity contribution in [2.75, 3.05) is 36.5 Å². The molecule has 1 aliphatic carbocycles. The van der Waals surface area contributed by atoms with Crippen LogP contribution in [-0.4, -0.2) is 55.0 Å². The molecule has 9 heteroatoms. The predicted octanol–water partition coefficient (Wildman–Crippen LogP) is 1.95. The van der Waals surface area contributed by atoms with Crippen LogP contribution in [0.2, 0.25) is 0 Å². The molecule has 130 valence electrons. The second-order valence-corrected chi connectivity index (χ2v) is 10.3. The molecule has 1 saturated heterocycles. The number of nitrogens with one attached hydrogen (secondary N) is 1. The molecule has 0 unspecified atom stereocenters. The third-order valence-corrected chi connectivity index (χ3v) is 8.11. The van der Waals surface area contributed by atoms with E-state index in [-0.39, 0.29) is 9.75 Å². The average Bonchev–Trinajstić information content (AvgIpc) is 3.04. The zero-order valence-electron chi connectivity index (χ0n) is 13.2. The van der Waals surface area contributed by atoms with Gasteiger partial charge in [0.05, 0.1) is 6.20 Å². The van der Waals surface area contributed by atoms with Crippen molar-refractivity contribution in [1.82, 2.24) is 9.88 Å². The molecule has 0 aromatic carbocycles. The number of hydrogen-bond donors (Lipinski definition) is 2. The molecule has 1 aromatic heterocycles. The summed E-state index contributed by atoms with van der Waals surface area (Å²) in [6, 6.07) is 0. The van der Waals surface area contributed by atoms with E-state index in [1.54, 1.807) is 0 Å². The number of primary sulfonamides is 1. The SMILES string of the molecule is NS(=O)(=O)c1cnc(NCC2(N3CCSCC3)CCCCC2)s1. The summed E-state index contributed by atoms with van der Waals surface area (Å²) in [5.74, 6) is 2.41. The first kappa shape index (κ1) is 17.5. The molecule has 2 heterocycles. The number of anilines is 1. The number of nitrogens with zero attached hydrogens (tertiary/aromatic N) is 2. The van der Waals surface area contributed by atoms with E-state index in [2.05, 4.69) is 15.2 Å². The highest BCUT2D eigenvalue weighted by molar-refractivity contribution is 7.99. The number of aromatic nitrogens is 1. The maximum absolute atomic E-state index is 11.4. The molecule has 1 aromatic rings. The number of rotatable bonds is 5. The van der Waals surface area contributed by atoms with Gasteiger partial charge in [0.15, 0.2) is 9.34 Å². The minimum Gasteiger partial charge on any atom is -0.360 e. The molecule has 0 atom stereocenters. The average molecular weight is 377 g/mol. The van der Waals surface area contributed by atoms with E-state index in [1.807, 2.05) is 11.8 Å². The van der Waals surface area contributed by atoms with E-state index in [9.17, 15) is 8.42 Å². The van der Waals surface area contributed by atoms with E-state index in [4.69, 9.17) is 5.14 Å². The highest BCUT2D eigenvalue weighted by Crippen LogP contribution is 2.36. The summed E-state index contributed by atoms with van der Waals surface area (Å²) in [5, 5.41) is 9.18. The molecule has 23 heavy (non-hydrogen) atoms. The van der Waals surface area contributed by atoms with Crippen LogP contribution in [0.5, 0.6) is 0 Å². The van der Waals surface area contributed by atoms with Crippen LogP contribution in [0, 0.1) is 0 Å². The third kappa shape index (κ3) is 4.19. The van der Waals surface area contributed by atoms with Crippen LogP contribution < -0.4 is 10.5 Å². The first-order chi connectivity index (χ1) is 11.0. The Morgan fingerprint density at radius 1 is 1.26 bits per heavy atom. The summed E-state index contributed by atoms with van der Waals surface area (Å²) in [6.07, 6.45) is 7.61. The molecule has 0 spiro atoms. The summed E-state index contributed by atoms with van der Waals surface area (Å²) in [7, 11) is -3.66. The Labute approximate surface area is 146 Å². The Morgan fingerprint density at radius 3 is 2.57 bits per heavy atom. The standard InChI is InChI=1S/C14H24N4O2S3/c15-23(19,20)12-10-16-13(22-12)17-11-14(4-2-1-3-5-14)18-6-8-21-9-7-18/h10H,1-9,11H2,(H,16,17)(H2,15,19,20). The maximum atomic E-state index is 11.4. The van der Waals surface area contributed by atoms with Crippen molar-refractivity contribution >= 4 is 38.3 Å². The van der Waals surface area contributed by atoms with Gasteiger partial charge in [-0.25, -0.2) is 18.5 Å². The fourth-order valence-electron chi connectivity index (χ4n) is 3.57. The lowest BCUT2D eigenvalue weighted by Gasteiger charge is -2.48. The van der Waals surface area contributed by atoms with Gasteiger partial charge in [-0.2, -0.15) is 11.8 Å². The molecule has 0 radical (unpaired) electrons. The highest BCUT2D eigenvalue weighted by Gasteiger charge is 2.38. The molecule has 1 aliphatic heterocycles. The van der Waals surface area contributed by atoms with Gasteiger partial charge in [0, 0.05) is 36.7 Å². The Balaban J connectivity index is 1.70. The minimum absolute atomic E-state index is 0.118. The Hall–Kier alpha value is -0.350. The van der Waals surface area contributed by atoms with Crippen molar-refractivity contribution in [2.24, 2.45) is 5.14 Å². The third-order valence-electron chi connectivity index (χ3n) is 4.80. The second-order valence-electron chi connectivity index (χ2n) is 6.27. The van der Waals surface area contributed by atoms with Crippen molar-refractivity contribution in [1.29, 1.82) is 0 Å². The molecule has 3 N–H and O–H groups in total. The first-order valence-corrected chi connectivity index (χ1v) is 11.6. The van der Waals surface area contributed by atoms with Crippen molar-refractivity contribution in [3.63, 3.8) is 0 Å². The molecular weight excluding hydrogens is 352 g/mol. The number of thiazole rings is 1. The zero-order valence-corrected chi connectivity index (χ0v) is 15.6. The van der Waals surface area contributed by atoms with Crippen molar-refractivity contribution in [3.8, 4) is 0 Å². The van der Waals surface area contributed by atoms with Crippen molar-refractivity contribution in [2.45, 2.75) is 41.9 Å². The fraction of sp³-hybridized carbons (Fsp3) is 0.786. The number of sulfonamides is 1. The van der Waals surface area contributed by atoms with Crippen molar-refractivity contribution in [3.05, 3.63) is 6.20 Å². The van der Waals surface area contributed by atoms with Gasteiger partial charge in [0.25, 0.3) is 0 Å². The van der Waals surface area contributed by atoms with Gasteiger partial charge in [0.1, 0.15) is 0 Å². The van der Waals surface area contributed by atoms with Gasteiger partial charge >= 0.3 is 0 Å². The molecule has 6 nitrogen and oxygen atoms in total. The van der Waals surface area contributed by atoms with Gasteiger partial charge < -0.3 is 5.32 Å². The Bertz CT molecular complexity index is 620. The van der Waals surface area contributed by atoms with Crippen LogP contribution in [0.1, 0.15) is 32.1 Å². The summed E-state index contributed by atoms with van der Waals surface area (Å²) >= 11 is 3.14. The predicted molar refractivity (Wildman–Crippen MR) is 96.7 cm³/mol. The van der Waals surface area contributed by atoms with E-state index >= 15 is 0 Å². The summed E-state index contributed by atoms with van der Waals surface area (Å²) in [6.45, 7) is 3.12. The lowest BCUT2D eigenvalue weighted by molar-refractivity contribution is 0.0707. The molecule has 3 rings (SSSR count). The van der Waals surface area contributed by atoms with Crippen LogP contribution in [0.25, 0.3) is 0 Å². The Morgan fingerprint density at radius 2 is 1.96 bits per heavy atom. The van der Waals surface area contributed by atoms with E-state index < -0.39 is 10.0 Å². The van der Waals surface area contributed by atoms with Gasteiger partial charge in [-0.1, -0.05) is 30.6 Å². The smallest absolute Gasteiger partial charge is 0.249 e. The topological polar surface area (TPSA) is 88.3 Å². The number of nitrogens with two attached hydrogens (primary N) is 1. The fourth-order valence-corrected chi connectivity index (χ4v) is 5.91. The summed E-state index contributed by atoms with van der Waals surface area (Å²) in [5.41, 5.74) is 0.187. The van der Waals surface area contributed by atoms with Crippen LogP contribution >= 0.6 is 23.1 Å². The van der Waals surface area contributed by atoms with E-state index in [0.29, 0.717) is 5.13 Å². The molecule has 0 bridgehead atoms. The van der Waals surface area contributed by atoms with Crippen LogP contribution in [0.15, 0.2) is 10.4 Å². The lowest BCUT2D eigenvalue weighted by atomic mass is 9.80. The monoisotopic (exact) mass is 376 g/mol.